The lowest BCUT2D eigenvalue weighted by molar-refractivity contribution is 0.0870. The Labute approximate surface area is 105 Å². The van der Waals surface area contributed by atoms with Gasteiger partial charge in [0.1, 0.15) is 5.52 Å². The number of fused-ring (bicyclic) bond motifs is 1. The van der Waals surface area contributed by atoms with Crippen molar-refractivity contribution in [2.24, 2.45) is 0 Å². The van der Waals surface area contributed by atoms with E-state index in [1.54, 1.807) is 13.4 Å². The van der Waals surface area contributed by atoms with Crippen LogP contribution in [0.5, 0.6) is 0 Å². The number of ether oxygens (including phenoxy) is 1. The molecule has 3 N–H and O–H groups in total. The van der Waals surface area contributed by atoms with Crippen LogP contribution in [0.1, 0.15) is 13.8 Å². The first-order chi connectivity index (χ1) is 8.70. The molecule has 0 saturated carbocycles. The van der Waals surface area contributed by atoms with Crippen LogP contribution in [-0.2, 0) is 4.74 Å². The minimum Gasteiger partial charge on any atom is -0.377 e. The number of H-pyrrole nitrogens is 1. The van der Waals surface area contributed by atoms with Crippen LogP contribution in [0.3, 0.4) is 0 Å². The van der Waals surface area contributed by atoms with Gasteiger partial charge in [0.15, 0.2) is 11.5 Å². The first-order valence-corrected chi connectivity index (χ1v) is 5.95. The molecule has 0 radical (unpaired) electrons. The van der Waals surface area contributed by atoms with Crippen LogP contribution in [0.15, 0.2) is 6.33 Å². The van der Waals surface area contributed by atoms with E-state index in [0.29, 0.717) is 24.7 Å². The summed E-state index contributed by atoms with van der Waals surface area (Å²) in [7, 11) is 1.78. The van der Waals surface area contributed by atoms with E-state index in [-0.39, 0.29) is 6.10 Å². The Morgan fingerprint density at radius 1 is 1.39 bits per heavy atom. The quantitative estimate of drug-likeness (QED) is 0.668. The number of imidazole rings is 1. The van der Waals surface area contributed by atoms with E-state index in [1.807, 2.05) is 13.8 Å². The summed E-state index contributed by atoms with van der Waals surface area (Å²) in [5, 5.41) is 6.13. The minimum atomic E-state index is 0.234. The van der Waals surface area contributed by atoms with Crippen molar-refractivity contribution in [2.75, 3.05) is 30.8 Å². The molecule has 0 fully saturated rings. The summed E-state index contributed by atoms with van der Waals surface area (Å²) in [6.45, 7) is 5.34. The van der Waals surface area contributed by atoms with Crippen molar-refractivity contribution in [3.63, 3.8) is 0 Å². The summed E-state index contributed by atoms with van der Waals surface area (Å²) in [6.07, 6.45) is 1.84. The van der Waals surface area contributed by atoms with Crippen molar-refractivity contribution in [3.05, 3.63) is 6.33 Å². The number of anilines is 2. The van der Waals surface area contributed by atoms with Crippen LogP contribution in [-0.4, -0.2) is 46.2 Å². The summed E-state index contributed by atoms with van der Waals surface area (Å²) in [5.41, 5.74) is 1.44. The van der Waals surface area contributed by atoms with Gasteiger partial charge in [0.2, 0.25) is 5.95 Å². The lowest BCUT2D eigenvalue weighted by atomic mass is 10.4. The third kappa shape index (κ3) is 2.86. The Morgan fingerprint density at radius 2 is 2.22 bits per heavy atom. The molecule has 0 bridgehead atoms. The van der Waals surface area contributed by atoms with Crippen LogP contribution in [0.4, 0.5) is 11.8 Å². The average molecular weight is 250 g/mol. The number of hydrogen-bond acceptors (Lipinski definition) is 6. The number of rotatable bonds is 6. The minimum absolute atomic E-state index is 0.234. The monoisotopic (exact) mass is 250 g/mol. The third-order valence-corrected chi connectivity index (χ3v) is 2.35. The lowest BCUT2D eigenvalue weighted by Gasteiger charge is -2.10. The summed E-state index contributed by atoms with van der Waals surface area (Å²) in [6, 6.07) is 0. The number of hydrogen-bond donors (Lipinski definition) is 3. The number of aromatic nitrogens is 4. The Balaban J connectivity index is 2.08. The van der Waals surface area contributed by atoms with Gasteiger partial charge in [0, 0.05) is 13.6 Å². The molecule has 0 unspecified atom stereocenters. The van der Waals surface area contributed by atoms with Gasteiger partial charge >= 0.3 is 0 Å². The van der Waals surface area contributed by atoms with E-state index in [9.17, 15) is 0 Å². The molecule has 2 aromatic heterocycles. The second-order valence-electron chi connectivity index (χ2n) is 4.09. The fourth-order valence-corrected chi connectivity index (χ4v) is 1.54. The molecule has 0 atom stereocenters. The van der Waals surface area contributed by atoms with Crippen molar-refractivity contribution >= 4 is 22.9 Å². The van der Waals surface area contributed by atoms with Crippen LogP contribution in [0.25, 0.3) is 11.2 Å². The van der Waals surface area contributed by atoms with E-state index in [4.69, 9.17) is 4.74 Å². The lowest BCUT2D eigenvalue weighted by Crippen LogP contribution is -2.14. The van der Waals surface area contributed by atoms with Gasteiger partial charge in [-0.1, -0.05) is 0 Å². The van der Waals surface area contributed by atoms with Gasteiger partial charge in [0.25, 0.3) is 0 Å². The SMILES string of the molecule is CNc1nc(NCCOC(C)C)c2[nH]cnc2n1. The highest BCUT2D eigenvalue weighted by Crippen LogP contribution is 2.17. The fourth-order valence-electron chi connectivity index (χ4n) is 1.54. The second-order valence-corrected chi connectivity index (χ2v) is 4.09. The zero-order valence-electron chi connectivity index (χ0n) is 10.8. The molecule has 0 saturated heterocycles. The zero-order chi connectivity index (χ0) is 13.0. The van der Waals surface area contributed by atoms with Crippen molar-refractivity contribution in [2.45, 2.75) is 20.0 Å². The fraction of sp³-hybridized carbons (Fsp3) is 0.545. The Hall–Kier alpha value is -1.89. The van der Waals surface area contributed by atoms with Crippen molar-refractivity contribution in [3.8, 4) is 0 Å². The largest absolute Gasteiger partial charge is 0.377 e. The molecule has 7 heteroatoms. The molecule has 7 nitrogen and oxygen atoms in total. The number of nitrogens with zero attached hydrogens (tertiary/aromatic N) is 3. The molecular weight excluding hydrogens is 232 g/mol. The standard InChI is InChI=1S/C11H18N6O/c1-7(2)18-5-4-13-9-8-10(15-6-14-8)17-11(12-3)16-9/h6-7H,4-5H2,1-3H3,(H3,12,13,14,15,16,17). The van der Waals surface area contributed by atoms with E-state index in [0.717, 1.165) is 11.3 Å². The maximum absolute atomic E-state index is 5.47. The molecule has 0 amide bonds. The molecule has 0 aromatic carbocycles. The molecular formula is C11H18N6O. The van der Waals surface area contributed by atoms with Gasteiger partial charge in [0.05, 0.1) is 19.0 Å². The molecule has 98 valence electrons. The highest BCUT2D eigenvalue weighted by molar-refractivity contribution is 5.83. The first-order valence-electron chi connectivity index (χ1n) is 5.95. The molecule has 18 heavy (non-hydrogen) atoms. The topological polar surface area (TPSA) is 87.8 Å². The van der Waals surface area contributed by atoms with Crippen LogP contribution >= 0.6 is 0 Å². The van der Waals surface area contributed by atoms with Crippen LogP contribution in [0.2, 0.25) is 0 Å². The second kappa shape index (κ2) is 5.63. The summed E-state index contributed by atoms with van der Waals surface area (Å²) in [5.74, 6) is 1.27. The molecule has 2 rings (SSSR count). The molecule has 0 aliphatic heterocycles. The Kier molecular flexibility index (Phi) is 3.93. The number of nitrogens with one attached hydrogen (secondary N) is 3. The van der Waals surface area contributed by atoms with E-state index >= 15 is 0 Å². The first kappa shape index (κ1) is 12.6. The molecule has 2 aromatic rings. The highest BCUT2D eigenvalue weighted by atomic mass is 16.5. The van der Waals surface area contributed by atoms with Gasteiger partial charge in [-0.3, -0.25) is 0 Å². The summed E-state index contributed by atoms with van der Waals surface area (Å²) >= 11 is 0. The van der Waals surface area contributed by atoms with E-state index < -0.39 is 0 Å². The van der Waals surface area contributed by atoms with Crippen LogP contribution in [0, 0.1) is 0 Å². The predicted octanol–water partition coefficient (Wildman–Crippen LogP) is 1.23. The highest BCUT2D eigenvalue weighted by Gasteiger charge is 2.08. The van der Waals surface area contributed by atoms with Gasteiger partial charge in [-0.05, 0) is 13.8 Å². The van der Waals surface area contributed by atoms with E-state index in [2.05, 4.69) is 30.6 Å². The van der Waals surface area contributed by atoms with E-state index in [1.165, 1.54) is 0 Å². The molecule has 2 heterocycles. The predicted molar refractivity (Wildman–Crippen MR) is 70.8 cm³/mol. The molecule has 0 aliphatic rings. The maximum atomic E-state index is 5.47. The average Bonchev–Trinajstić information content (AvgIpc) is 2.82. The van der Waals surface area contributed by atoms with Gasteiger partial charge in [-0.15, -0.1) is 0 Å². The summed E-state index contributed by atoms with van der Waals surface area (Å²) < 4.78 is 5.47. The van der Waals surface area contributed by atoms with Gasteiger partial charge in [-0.25, -0.2) is 4.98 Å². The van der Waals surface area contributed by atoms with Gasteiger partial charge in [-0.2, -0.15) is 9.97 Å². The van der Waals surface area contributed by atoms with Gasteiger partial charge < -0.3 is 20.4 Å². The maximum Gasteiger partial charge on any atom is 0.226 e. The van der Waals surface area contributed by atoms with Crippen molar-refractivity contribution in [1.29, 1.82) is 0 Å². The molecule has 0 spiro atoms. The zero-order valence-corrected chi connectivity index (χ0v) is 10.8. The summed E-state index contributed by atoms with van der Waals surface area (Å²) in [4.78, 5) is 15.7. The number of aromatic amines is 1. The Morgan fingerprint density at radius 3 is 2.94 bits per heavy atom. The Bertz CT molecular complexity index is 509. The normalized spacial score (nSPS) is 11.1. The smallest absolute Gasteiger partial charge is 0.226 e. The molecule has 0 aliphatic carbocycles. The van der Waals surface area contributed by atoms with Crippen LogP contribution < -0.4 is 10.6 Å². The van der Waals surface area contributed by atoms with Crippen molar-refractivity contribution in [1.82, 2.24) is 19.9 Å². The third-order valence-electron chi connectivity index (χ3n) is 2.35. The van der Waals surface area contributed by atoms with Crippen molar-refractivity contribution < 1.29 is 4.74 Å².